The largest absolute Gasteiger partial charge is 0.481 e. The van der Waals surface area contributed by atoms with Crippen LogP contribution in [0.1, 0.15) is 26.7 Å². The van der Waals surface area contributed by atoms with Crippen molar-refractivity contribution in [3.05, 3.63) is 11.6 Å². The first-order valence-corrected chi connectivity index (χ1v) is 4.04. The summed E-state index contributed by atoms with van der Waals surface area (Å²) in [6, 6.07) is 0. The summed E-state index contributed by atoms with van der Waals surface area (Å²) in [4.78, 5) is 10.6. The Bertz CT molecular complexity index is 194. The number of hydrogen-bond acceptors (Lipinski definition) is 1. The molecule has 1 aliphatic rings. The van der Waals surface area contributed by atoms with Crippen LogP contribution in [-0.4, -0.2) is 11.1 Å². The lowest BCUT2D eigenvalue weighted by molar-refractivity contribution is -0.139. The monoisotopic (exact) mass is 154 g/mol. The Labute approximate surface area is 66.9 Å². The Morgan fingerprint density at radius 2 is 2.45 bits per heavy atom. The normalized spacial score (nSPS) is 26.4. The van der Waals surface area contributed by atoms with Crippen molar-refractivity contribution in [2.24, 2.45) is 11.8 Å². The first-order valence-electron chi connectivity index (χ1n) is 4.04. The van der Waals surface area contributed by atoms with Crippen LogP contribution in [0.3, 0.4) is 0 Å². The van der Waals surface area contributed by atoms with Crippen LogP contribution in [0, 0.1) is 11.8 Å². The molecule has 0 amide bonds. The highest BCUT2D eigenvalue weighted by atomic mass is 16.4. The molecule has 0 radical (unpaired) electrons. The fraction of sp³-hybridized carbons (Fsp3) is 0.667. The molecule has 0 bridgehead atoms. The molecule has 2 atom stereocenters. The zero-order valence-electron chi connectivity index (χ0n) is 7.00. The van der Waals surface area contributed by atoms with E-state index in [-0.39, 0.29) is 5.92 Å². The Balaban J connectivity index is 2.61. The molecule has 2 unspecified atom stereocenters. The Morgan fingerprint density at radius 1 is 1.82 bits per heavy atom. The second-order valence-electron chi connectivity index (χ2n) is 3.32. The highest BCUT2D eigenvalue weighted by molar-refractivity contribution is 5.73. The van der Waals surface area contributed by atoms with Crippen LogP contribution in [0.25, 0.3) is 0 Å². The fourth-order valence-corrected chi connectivity index (χ4v) is 1.45. The predicted octanol–water partition coefficient (Wildman–Crippen LogP) is 2.06. The maximum Gasteiger partial charge on any atom is 0.310 e. The van der Waals surface area contributed by atoms with Crippen LogP contribution in [0.4, 0.5) is 0 Å². The number of allylic oxidation sites excluding steroid dienone is 1. The molecular weight excluding hydrogens is 140 g/mol. The number of carboxylic acids is 1. The average Bonchev–Trinajstić information content (AvgIpc) is 2.34. The Hall–Kier alpha value is -0.790. The first kappa shape index (κ1) is 8.31. The van der Waals surface area contributed by atoms with E-state index < -0.39 is 5.97 Å². The zero-order valence-corrected chi connectivity index (χ0v) is 7.00. The van der Waals surface area contributed by atoms with Gasteiger partial charge in [-0.1, -0.05) is 18.6 Å². The molecule has 1 rings (SSSR count). The third-order valence-corrected chi connectivity index (χ3v) is 2.31. The Kier molecular flexibility index (Phi) is 2.32. The second kappa shape index (κ2) is 3.07. The van der Waals surface area contributed by atoms with Gasteiger partial charge in [-0.15, -0.1) is 0 Å². The number of carbonyl (C=O) groups is 1. The number of carboxylic acid groups (broad SMARTS) is 1. The topological polar surface area (TPSA) is 37.3 Å². The highest BCUT2D eigenvalue weighted by Gasteiger charge is 2.21. The van der Waals surface area contributed by atoms with Crippen LogP contribution in [0.5, 0.6) is 0 Å². The third kappa shape index (κ3) is 1.82. The van der Waals surface area contributed by atoms with E-state index in [0.717, 1.165) is 18.4 Å². The van der Waals surface area contributed by atoms with Crippen LogP contribution in [0.15, 0.2) is 11.6 Å². The first-order chi connectivity index (χ1) is 5.11. The third-order valence-electron chi connectivity index (χ3n) is 2.31. The molecule has 0 fully saturated rings. The molecule has 0 aromatic rings. The summed E-state index contributed by atoms with van der Waals surface area (Å²) in [6.07, 6.45) is 4.18. The number of aliphatic carboxylic acids is 1. The SMILES string of the molecule is CC1C=C(C(C)C(=O)O)CC1. The minimum absolute atomic E-state index is 0.278. The minimum Gasteiger partial charge on any atom is -0.481 e. The molecule has 1 N–H and O–H groups in total. The van der Waals surface area contributed by atoms with Gasteiger partial charge in [0, 0.05) is 0 Å². The lowest BCUT2D eigenvalue weighted by Crippen LogP contribution is -2.10. The van der Waals surface area contributed by atoms with Gasteiger partial charge in [-0.3, -0.25) is 4.79 Å². The summed E-state index contributed by atoms with van der Waals surface area (Å²) < 4.78 is 0. The highest BCUT2D eigenvalue weighted by Crippen LogP contribution is 2.28. The molecule has 0 aromatic carbocycles. The Morgan fingerprint density at radius 3 is 2.82 bits per heavy atom. The average molecular weight is 154 g/mol. The molecule has 0 aromatic heterocycles. The maximum atomic E-state index is 10.6. The molecule has 62 valence electrons. The summed E-state index contributed by atoms with van der Waals surface area (Å²) in [5.74, 6) is -0.405. The molecule has 0 heterocycles. The maximum absolute atomic E-state index is 10.6. The summed E-state index contributed by atoms with van der Waals surface area (Å²) in [5.41, 5.74) is 1.10. The zero-order chi connectivity index (χ0) is 8.43. The van der Waals surface area contributed by atoms with E-state index in [1.165, 1.54) is 0 Å². The summed E-state index contributed by atoms with van der Waals surface area (Å²) in [7, 11) is 0. The van der Waals surface area contributed by atoms with E-state index >= 15 is 0 Å². The molecule has 11 heavy (non-hydrogen) atoms. The van der Waals surface area contributed by atoms with Crippen molar-refractivity contribution in [3.63, 3.8) is 0 Å². The van der Waals surface area contributed by atoms with Crippen molar-refractivity contribution < 1.29 is 9.90 Å². The van der Waals surface area contributed by atoms with Gasteiger partial charge >= 0.3 is 5.97 Å². The van der Waals surface area contributed by atoms with Crippen LogP contribution in [-0.2, 0) is 4.79 Å². The van der Waals surface area contributed by atoms with Crippen molar-refractivity contribution >= 4 is 5.97 Å². The number of hydrogen-bond donors (Lipinski definition) is 1. The van der Waals surface area contributed by atoms with E-state index in [1.54, 1.807) is 6.92 Å². The summed E-state index contributed by atoms with van der Waals surface area (Å²) in [5, 5.41) is 8.69. The second-order valence-corrected chi connectivity index (χ2v) is 3.32. The van der Waals surface area contributed by atoms with E-state index in [2.05, 4.69) is 13.0 Å². The molecule has 2 nitrogen and oxygen atoms in total. The molecule has 0 aliphatic heterocycles. The van der Waals surface area contributed by atoms with Crippen LogP contribution < -0.4 is 0 Å². The quantitative estimate of drug-likeness (QED) is 0.618. The van der Waals surface area contributed by atoms with Gasteiger partial charge in [0.15, 0.2) is 0 Å². The smallest absolute Gasteiger partial charge is 0.310 e. The summed E-state index contributed by atoms with van der Waals surface area (Å²) >= 11 is 0. The van der Waals surface area contributed by atoms with Gasteiger partial charge in [0.05, 0.1) is 5.92 Å². The molecule has 0 spiro atoms. The predicted molar refractivity (Wildman–Crippen MR) is 43.3 cm³/mol. The molecule has 1 aliphatic carbocycles. The minimum atomic E-state index is -0.703. The van der Waals surface area contributed by atoms with Crippen molar-refractivity contribution in [2.45, 2.75) is 26.7 Å². The molecule has 0 saturated carbocycles. The van der Waals surface area contributed by atoms with Gasteiger partial charge in [0.25, 0.3) is 0 Å². The lowest BCUT2D eigenvalue weighted by atomic mass is 10.0. The van der Waals surface area contributed by atoms with E-state index in [4.69, 9.17) is 5.11 Å². The van der Waals surface area contributed by atoms with Crippen LogP contribution in [0.2, 0.25) is 0 Å². The van der Waals surface area contributed by atoms with E-state index in [0.29, 0.717) is 5.92 Å². The van der Waals surface area contributed by atoms with E-state index in [1.807, 2.05) is 0 Å². The van der Waals surface area contributed by atoms with Gasteiger partial charge in [-0.05, 0) is 25.7 Å². The lowest BCUT2D eigenvalue weighted by Gasteiger charge is -2.05. The van der Waals surface area contributed by atoms with Crippen LogP contribution >= 0.6 is 0 Å². The van der Waals surface area contributed by atoms with E-state index in [9.17, 15) is 4.79 Å². The van der Waals surface area contributed by atoms with Gasteiger partial charge in [0.1, 0.15) is 0 Å². The molecular formula is C9H14O2. The van der Waals surface area contributed by atoms with Crippen molar-refractivity contribution in [3.8, 4) is 0 Å². The standard InChI is InChI=1S/C9H14O2/c1-6-3-4-8(5-6)7(2)9(10)11/h5-7H,3-4H2,1-2H3,(H,10,11). The van der Waals surface area contributed by atoms with Gasteiger partial charge < -0.3 is 5.11 Å². The van der Waals surface area contributed by atoms with Gasteiger partial charge in [-0.2, -0.15) is 0 Å². The summed E-state index contributed by atoms with van der Waals surface area (Å²) in [6.45, 7) is 3.88. The number of rotatable bonds is 2. The van der Waals surface area contributed by atoms with Crippen molar-refractivity contribution in [1.29, 1.82) is 0 Å². The molecule has 0 saturated heterocycles. The van der Waals surface area contributed by atoms with Gasteiger partial charge in [-0.25, -0.2) is 0 Å². The van der Waals surface area contributed by atoms with Crippen molar-refractivity contribution in [2.75, 3.05) is 0 Å². The fourth-order valence-electron chi connectivity index (χ4n) is 1.45. The molecule has 2 heteroatoms. The van der Waals surface area contributed by atoms with Gasteiger partial charge in [0.2, 0.25) is 0 Å². The van der Waals surface area contributed by atoms with Crippen molar-refractivity contribution in [1.82, 2.24) is 0 Å².